The SMILES string of the molecule is O=C(OCc1ccccc1)c1ccc(N(Cc2ccc(C3CCCCC3)cc2)C(=O)[C@H]2CCCN2C(=O)O)cc1OCc1ccccc1. The Balaban J connectivity index is 1.31. The number of amides is 2. The predicted molar refractivity (Wildman–Crippen MR) is 184 cm³/mol. The Labute approximate surface area is 281 Å². The molecule has 1 aliphatic heterocycles. The first-order valence-corrected chi connectivity index (χ1v) is 16.9. The van der Waals surface area contributed by atoms with Crippen LogP contribution in [-0.2, 0) is 29.3 Å². The molecule has 0 aromatic heterocycles. The number of ether oxygens (including phenoxy) is 2. The minimum Gasteiger partial charge on any atom is -0.488 e. The van der Waals surface area contributed by atoms with Crippen molar-refractivity contribution in [1.82, 2.24) is 4.90 Å². The predicted octanol–water partition coefficient (Wildman–Crippen LogP) is 8.35. The first-order valence-electron chi connectivity index (χ1n) is 16.9. The second kappa shape index (κ2) is 15.7. The summed E-state index contributed by atoms with van der Waals surface area (Å²) in [6, 6.07) is 31.8. The van der Waals surface area contributed by atoms with Gasteiger partial charge in [0.15, 0.2) is 0 Å². The topological polar surface area (TPSA) is 96.4 Å². The van der Waals surface area contributed by atoms with Gasteiger partial charge in [-0.2, -0.15) is 0 Å². The number of carbonyl (C=O) groups excluding carboxylic acids is 2. The summed E-state index contributed by atoms with van der Waals surface area (Å²) >= 11 is 0. The molecule has 1 saturated heterocycles. The highest BCUT2D eigenvalue weighted by molar-refractivity contribution is 6.00. The van der Waals surface area contributed by atoms with Gasteiger partial charge in [0, 0.05) is 18.3 Å². The van der Waals surface area contributed by atoms with Crippen LogP contribution in [0, 0.1) is 0 Å². The van der Waals surface area contributed by atoms with E-state index in [1.807, 2.05) is 60.7 Å². The quantitative estimate of drug-likeness (QED) is 0.165. The average molecular weight is 647 g/mol. The standard InChI is InChI=1S/C40H42N2O6/c43-38(36-17-10-24-41(36)40(45)46)42(26-29-18-20-33(21-19-29)32-15-8-3-9-16-32)34-22-23-35(39(44)48-28-31-13-6-2-7-14-31)37(25-34)47-27-30-11-4-1-5-12-30/h1-2,4-7,11-14,18-23,25,32,36H,3,8-10,15-17,24,26-28H2,(H,45,46)/t36-/m1/s1. The molecule has 0 radical (unpaired) electrons. The van der Waals surface area contributed by atoms with Crippen LogP contribution in [0.2, 0.25) is 0 Å². The van der Waals surface area contributed by atoms with Crippen molar-refractivity contribution in [1.29, 1.82) is 0 Å². The van der Waals surface area contributed by atoms with Crippen LogP contribution in [0.3, 0.4) is 0 Å². The highest BCUT2D eigenvalue weighted by Gasteiger charge is 2.37. The number of carboxylic acid groups (broad SMARTS) is 1. The summed E-state index contributed by atoms with van der Waals surface area (Å²) in [5.41, 5.74) is 4.78. The van der Waals surface area contributed by atoms with Crippen molar-refractivity contribution < 1.29 is 29.0 Å². The maximum atomic E-state index is 14.2. The second-order valence-electron chi connectivity index (χ2n) is 12.7. The molecule has 4 aromatic rings. The first-order chi connectivity index (χ1) is 23.5. The van der Waals surface area contributed by atoms with Crippen molar-refractivity contribution in [2.75, 3.05) is 11.4 Å². The molecule has 1 N–H and O–H groups in total. The lowest BCUT2D eigenvalue weighted by Gasteiger charge is -2.30. The Bertz CT molecular complexity index is 1690. The number of carbonyl (C=O) groups is 3. The molecule has 8 heteroatoms. The molecule has 248 valence electrons. The molecular formula is C40H42N2O6. The summed E-state index contributed by atoms with van der Waals surface area (Å²) in [7, 11) is 0. The van der Waals surface area contributed by atoms with Gasteiger partial charge in [-0.05, 0) is 66.0 Å². The van der Waals surface area contributed by atoms with Crippen molar-refractivity contribution in [2.24, 2.45) is 0 Å². The van der Waals surface area contributed by atoms with E-state index in [0.717, 1.165) is 16.7 Å². The molecule has 0 unspecified atom stereocenters. The number of anilines is 1. The van der Waals surface area contributed by atoms with Crippen LogP contribution in [0.25, 0.3) is 0 Å². The number of rotatable bonds is 11. The highest BCUT2D eigenvalue weighted by atomic mass is 16.5. The third-order valence-corrected chi connectivity index (χ3v) is 9.39. The zero-order valence-corrected chi connectivity index (χ0v) is 27.1. The van der Waals surface area contributed by atoms with Gasteiger partial charge in [-0.15, -0.1) is 0 Å². The van der Waals surface area contributed by atoms with Crippen LogP contribution >= 0.6 is 0 Å². The Morgan fingerprint density at radius 3 is 2.06 bits per heavy atom. The molecule has 0 bridgehead atoms. The van der Waals surface area contributed by atoms with Crippen molar-refractivity contribution in [3.05, 3.63) is 131 Å². The van der Waals surface area contributed by atoms with Gasteiger partial charge in [-0.1, -0.05) is 104 Å². The van der Waals surface area contributed by atoms with Gasteiger partial charge >= 0.3 is 12.1 Å². The Morgan fingerprint density at radius 1 is 0.729 bits per heavy atom. The molecule has 1 saturated carbocycles. The van der Waals surface area contributed by atoms with E-state index in [1.54, 1.807) is 23.1 Å². The van der Waals surface area contributed by atoms with Crippen LogP contribution < -0.4 is 9.64 Å². The normalized spacial score (nSPS) is 16.3. The lowest BCUT2D eigenvalue weighted by Crippen LogP contribution is -2.47. The molecular weight excluding hydrogens is 604 g/mol. The van der Waals surface area contributed by atoms with Gasteiger partial charge in [0.2, 0.25) is 5.91 Å². The third-order valence-electron chi connectivity index (χ3n) is 9.39. The maximum absolute atomic E-state index is 14.2. The molecule has 2 amide bonds. The van der Waals surface area contributed by atoms with Crippen LogP contribution in [0.4, 0.5) is 10.5 Å². The molecule has 4 aromatic carbocycles. The number of likely N-dealkylation sites (tertiary alicyclic amines) is 1. The molecule has 8 nitrogen and oxygen atoms in total. The number of hydrogen-bond acceptors (Lipinski definition) is 5. The van der Waals surface area contributed by atoms with E-state index in [1.165, 1.54) is 42.6 Å². The summed E-state index contributed by atoms with van der Waals surface area (Å²) in [6.07, 6.45) is 6.15. The van der Waals surface area contributed by atoms with Gasteiger partial charge in [0.05, 0.1) is 6.54 Å². The smallest absolute Gasteiger partial charge is 0.407 e. The summed E-state index contributed by atoms with van der Waals surface area (Å²) in [4.78, 5) is 42.5. The summed E-state index contributed by atoms with van der Waals surface area (Å²) in [5.74, 6) is -0.00908. The Morgan fingerprint density at radius 2 is 1.40 bits per heavy atom. The van der Waals surface area contributed by atoms with Gasteiger partial charge in [0.25, 0.3) is 0 Å². The fraction of sp³-hybridized carbons (Fsp3) is 0.325. The largest absolute Gasteiger partial charge is 0.488 e. The van der Waals surface area contributed by atoms with E-state index in [0.29, 0.717) is 31.0 Å². The maximum Gasteiger partial charge on any atom is 0.407 e. The number of esters is 1. The van der Waals surface area contributed by atoms with Gasteiger partial charge in [-0.25, -0.2) is 9.59 Å². The van der Waals surface area contributed by atoms with Gasteiger partial charge in [-0.3, -0.25) is 9.69 Å². The molecule has 6 rings (SSSR count). The van der Waals surface area contributed by atoms with Crippen molar-refractivity contribution in [2.45, 2.75) is 76.7 Å². The van der Waals surface area contributed by atoms with Crippen molar-refractivity contribution >= 4 is 23.7 Å². The minimum atomic E-state index is -1.11. The number of hydrogen-bond donors (Lipinski definition) is 1. The van der Waals surface area contributed by atoms with E-state index in [-0.39, 0.29) is 37.0 Å². The molecule has 0 spiro atoms. The van der Waals surface area contributed by atoms with E-state index in [9.17, 15) is 19.5 Å². The first kappa shape index (κ1) is 32.8. The molecule has 2 aliphatic rings. The Kier molecular flexibility index (Phi) is 10.7. The summed E-state index contributed by atoms with van der Waals surface area (Å²) < 4.78 is 11.9. The van der Waals surface area contributed by atoms with E-state index >= 15 is 0 Å². The lowest BCUT2D eigenvalue weighted by atomic mass is 9.84. The lowest BCUT2D eigenvalue weighted by molar-refractivity contribution is -0.122. The zero-order valence-electron chi connectivity index (χ0n) is 27.1. The monoisotopic (exact) mass is 646 g/mol. The Hall–Kier alpha value is -5.11. The van der Waals surface area contributed by atoms with E-state index < -0.39 is 18.1 Å². The summed E-state index contributed by atoms with van der Waals surface area (Å²) in [6.45, 7) is 0.861. The zero-order chi connectivity index (χ0) is 33.3. The van der Waals surface area contributed by atoms with Crippen molar-refractivity contribution in [3.63, 3.8) is 0 Å². The molecule has 48 heavy (non-hydrogen) atoms. The number of nitrogens with zero attached hydrogens (tertiary/aromatic N) is 2. The molecule has 1 atom stereocenters. The van der Waals surface area contributed by atoms with E-state index in [2.05, 4.69) is 24.3 Å². The second-order valence-corrected chi connectivity index (χ2v) is 12.7. The van der Waals surface area contributed by atoms with Crippen LogP contribution in [0.15, 0.2) is 103 Å². The third kappa shape index (κ3) is 8.05. The average Bonchev–Trinajstić information content (AvgIpc) is 3.64. The minimum absolute atomic E-state index is 0.105. The van der Waals surface area contributed by atoms with Crippen molar-refractivity contribution in [3.8, 4) is 5.75 Å². The fourth-order valence-corrected chi connectivity index (χ4v) is 6.75. The van der Waals surface area contributed by atoms with E-state index in [4.69, 9.17) is 9.47 Å². The van der Waals surface area contributed by atoms with Crippen LogP contribution in [-0.4, -0.2) is 40.6 Å². The summed E-state index contributed by atoms with van der Waals surface area (Å²) in [5, 5.41) is 9.87. The molecule has 1 aliphatic carbocycles. The number of benzene rings is 4. The van der Waals surface area contributed by atoms with Gasteiger partial charge < -0.3 is 19.5 Å². The molecule has 1 heterocycles. The fourth-order valence-electron chi connectivity index (χ4n) is 6.75. The highest BCUT2D eigenvalue weighted by Crippen LogP contribution is 2.34. The van der Waals surface area contributed by atoms with Gasteiger partial charge in [0.1, 0.15) is 30.6 Å². The molecule has 2 fully saturated rings. The van der Waals surface area contributed by atoms with Crippen LogP contribution in [0.5, 0.6) is 5.75 Å². The van der Waals surface area contributed by atoms with Crippen LogP contribution in [0.1, 0.15) is 83.5 Å².